The highest BCUT2D eigenvalue weighted by Gasteiger charge is 2.23. The van der Waals surface area contributed by atoms with E-state index < -0.39 is 0 Å². The fourth-order valence-corrected chi connectivity index (χ4v) is 4.28. The lowest BCUT2D eigenvalue weighted by molar-refractivity contribution is 0.0307. The molecule has 132 valence electrons. The lowest BCUT2D eigenvalue weighted by Gasteiger charge is -2.33. The standard InChI is InChI=1S/C11H12N2S.C7H15NO2/c1-2-6-10-9(5-1)12-11(14-10)13-7-3-4-8-13;1-8-3-2-7(10)4-6(8)5-9/h1-2,5-6H,3-4,7-8H2;6-7,9-10H,2-5H2,1H3. The molecule has 0 aliphatic carbocycles. The van der Waals surface area contributed by atoms with Crippen molar-refractivity contribution in [3.05, 3.63) is 24.3 Å². The van der Waals surface area contributed by atoms with Gasteiger partial charge in [-0.1, -0.05) is 23.5 Å². The molecule has 2 fully saturated rings. The third kappa shape index (κ3) is 4.25. The van der Waals surface area contributed by atoms with Crippen molar-refractivity contribution in [3.63, 3.8) is 0 Å². The van der Waals surface area contributed by atoms with Gasteiger partial charge in [0.25, 0.3) is 0 Å². The van der Waals surface area contributed by atoms with Gasteiger partial charge in [0.15, 0.2) is 5.13 Å². The molecule has 24 heavy (non-hydrogen) atoms. The maximum atomic E-state index is 9.19. The summed E-state index contributed by atoms with van der Waals surface area (Å²) in [6.07, 6.45) is 3.99. The van der Waals surface area contributed by atoms with Crippen molar-refractivity contribution < 1.29 is 10.2 Å². The SMILES string of the molecule is CN1CCC(O)CC1CO.c1ccc2sc(N3CCCC3)nc2c1. The molecule has 2 aliphatic rings. The smallest absolute Gasteiger partial charge is 0.186 e. The molecule has 4 rings (SSSR count). The molecule has 2 aliphatic heterocycles. The Morgan fingerprint density at radius 1 is 1.21 bits per heavy atom. The zero-order chi connectivity index (χ0) is 16.9. The number of rotatable bonds is 2. The van der Waals surface area contributed by atoms with Crippen molar-refractivity contribution in [2.75, 3.05) is 38.2 Å². The highest BCUT2D eigenvalue weighted by Crippen LogP contribution is 2.30. The number of hydrogen-bond donors (Lipinski definition) is 2. The lowest BCUT2D eigenvalue weighted by Crippen LogP contribution is -2.43. The van der Waals surface area contributed by atoms with E-state index >= 15 is 0 Å². The Hall–Kier alpha value is -1.21. The van der Waals surface area contributed by atoms with Crippen molar-refractivity contribution in [1.29, 1.82) is 0 Å². The number of para-hydroxylation sites is 1. The number of piperidine rings is 1. The third-order valence-electron chi connectivity index (χ3n) is 4.85. The second kappa shape index (κ2) is 8.25. The Morgan fingerprint density at radius 2 is 1.96 bits per heavy atom. The van der Waals surface area contributed by atoms with Crippen LogP contribution in [0.3, 0.4) is 0 Å². The van der Waals surface area contributed by atoms with Crippen molar-refractivity contribution in [3.8, 4) is 0 Å². The van der Waals surface area contributed by atoms with Crippen molar-refractivity contribution in [1.82, 2.24) is 9.88 Å². The Bertz CT molecular complexity index is 609. The van der Waals surface area contributed by atoms with Crippen LogP contribution in [-0.2, 0) is 0 Å². The van der Waals surface area contributed by atoms with Crippen molar-refractivity contribution in [2.24, 2.45) is 0 Å². The molecule has 0 radical (unpaired) electrons. The number of aromatic nitrogens is 1. The summed E-state index contributed by atoms with van der Waals surface area (Å²) in [7, 11) is 1.98. The first kappa shape index (κ1) is 17.6. The quantitative estimate of drug-likeness (QED) is 0.871. The number of aliphatic hydroxyl groups is 2. The molecule has 2 atom stereocenters. The van der Waals surface area contributed by atoms with Crippen LogP contribution >= 0.6 is 11.3 Å². The average Bonchev–Trinajstić information content (AvgIpc) is 3.26. The van der Waals surface area contributed by atoms with Crippen LogP contribution in [0, 0.1) is 0 Å². The van der Waals surface area contributed by atoms with Crippen LogP contribution in [0.5, 0.6) is 0 Å². The Kier molecular flexibility index (Phi) is 6.05. The summed E-state index contributed by atoms with van der Waals surface area (Å²) in [6, 6.07) is 8.53. The minimum atomic E-state index is -0.201. The van der Waals surface area contributed by atoms with Crippen LogP contribution in [0.15, 0.2) is 24.3 Å². The first-order valence-corrected chi connectivity index (χ1v) is 9.58. The van der Waals surface area contributed by atoms with E-state index in [-0.39, 0.29) is 18.8 Å². The second-order valence-corrected chi connectivity index (χ2v) is 7.66. The van der Waals surface area contributed by atoms with Crippen LogP contribution in [-0.4, -0.2) is 65.5 Å². The summed E-state index contributed by atoms with van der Waals surface area (Å²) in [5.41, 5.74) is 1.14. The van der Waals surface area contributed by atoms with Gasteiger partial charge in [-0.3, -0.25) is 0 Å². The van der Waals surface area contributed by atoms with E-state index in [0.29, 0.717) is 6.42 Å². The van der Waals surface area contributed by atoms with Gasteiger partial charge in [0.2, 0.25) is 0 Å². The zero-order valence-electron chi connectivity index (χ0n) is 14.3. The molecule has 5 nitrogen and oxygen atoms in total. The van der Waals surface area contributed by atoms with E-state index in [4.69, 9.17) is 5.11 Å². The predicted octanol–water partition coefficient (Wildman–Crippen LogP) is 2.33. The van der Waals surface area contributed by atoms with Crippen LogP contribution in [0.1, 0.15) is 25.7 Å². The Morgan fingerprint density at radius 3 is 2.62 bits per heavy atom. The third-order valence-corrected chi connectivity index (χ3v) is 5.95. The van der Waals surface area contributed by atoms with E-state index in [1.165, 1.54) is 35.8 Å². The number of nitrogens with zero attached hydrogens (tertiary/aromatic N) is 3. The van der Waals surface area contributed by atoms with Crippen LogP contribution in [0.2, 0.25) is 0 Å². The van der Waals surface area contributed by atoms with Crippen LogP contribution in [0.25, 0.3) is 10.2 Å². The number of likely N-dealkylation sites (N-methyl/N-ethyl adjacent to an activating group) is 1. The van der Waals surface area contributed by atoms with Crippen molar-refractivity contribution >= 4 is 26.7 Å². The van der Waals surface area contributed by atoms with Gasteiger partial charge in [0.1, 0.15) is 0 Å². The fraction of sp³-hybridized carbons (Fsp3) is 0.611. The molecular weight excluding hydrogens is 322 g/mol. The molecule has 0 saturated carbocycles. The van der Waals surface area contributed by atoms with Crippen LogP contribution < -0.4 is 4.90 Å². The zero-order valence-corrected chi connectivity index (χ0v) is 15.1. The van der Waals surface area contributed by atoms with E-state index in [1.54, 1.807) is 0 Å². The van der Waals surface area contributed by atoms with Gasteiger partial charge in [0, 0.05) is 25.7 Å². The van der Waals surface area contributed by atoms with Gasteiger partial charge in [-0.15, -0.1) is 0 Å². The predicted molar refractivity (Wildman–Crippen MR) is 99.8 cm³/mol. The fourth-order valence-electron chi connectivity index (χ4n) is 3.26. The highest BCUT2D eigenvalue weighted by molar-refractivity contribution is 7.22. The second-order valence-electron chi connectivity index (χ2n) is 6.65. The molecule has 2 aromatic rings. The number of benzene rings is 1. The van der Waals surface area contributed by atoms with Gasteiger partial charge < -0.3 is 20.0 Å². The molecule has 0 amide bonds. The molecule has 0 spiro atoms. The topological polar surface area (TPSA) is 59.8 Å². The van der Waals surface area contributed by atoms with E-state index in [9.17, 15) is 5.11 Å². The maximum Gasteiger partial charge on any atom is 0.186 e. The summed E-state index contributed by atoms with van der Waals surface area (Å²) < 4.78 is 1.30. The van der Waals surface area contributed by atoms with E-state index in [0.717, 1.165) is 18.5 Å². The summed E-state index contributed by atoms with van der Waals surface area (Å²) in [5.74, 6) is 0. The normalized spacial score (nSPS) is 24.9. The Labute approximate surface area is 147 Å². The lowest BCUT2D eigenvalue weighted by atomic mass is 10.0. The molecular formula is C18H27N3O2S. The number of likely N-dealkylation sites (tertiary alicyclic amines) is 1. The van der Waals surface area contributed by atoms with E-state index in [1.807, 2.05) is 18.4 Å². The number of fused-ring (bicyclic) bond motifs is 1. The number of anilines is 1. The summed E-state index contributed by atoms with van der Waals surface area (Å²) in [4.78, 5) is 9.12. The monoisotopic (exact) mass is 349 g/mol. The number of hydrogen-bond acceptors (Lipinski definition) is 6. The maximum absolute atomic E-state index is 9.19. The molecule has 6 heteroatoms. The van der Waals surface area contributed by atoms with E-state index in [2.05, 4.69) is 39.0 Å². The number of thiazole rings is 1. The molecule has 1 aromatic heterocycles. The molecule has 2 saturated heterocycles. The summed E-state index contributed by atoms with van der Waals surface area (Å²) in [5, 5.41) is 19.2. The average molecular weight is 350 g/mol. The van der Waals surface area contributed by atoms with Gasteiger partial charge in [-0.25, -0.2) is 4.98 Å². The highest BCUT2D eigenvalue weighted by atomic mass is 32.1. The van der Waals surface area contributed by atoms with Gasteiger partial charge in [0.05, 0.1) is 22.9 Å². The van der Waals surface area contributed by atoms with Crippen molar-refractivity contribution in [2.45, 2.75) is 37.8 Å². The molecule has 3 heterocycles. The summed E-state index contributed by atoms with van der Waals surface area (Å²) >= 11 is 1.81. The van der Waals surface area contributed by atoms with Crippen LogP contribution in [0.4, 0.5) is 5.13 Å². The largest absolute Gasteiger partial charge is 0.395 e. The summed E-state index contributed by atoms with van der Waals surface area (Å²) in [6.45, 7) is 3.42. The van der Waals surface area contributed by atoms with Gasteiger partial charge in [-0.2, -0.15) is 0 Å². The minimum Gasteiger partial charge on any atom is -0.395 e. The minimum absolute atomic E-state index is 0.160. The molecule has 1 aromatic carbocycles. The number of aliphatic hydroxyl groups excluding tert-OH is 2. The first-order valence-electron chi connectivity index (χ1n) is 8.77. The van der Waals surface area contributed by atoms with Gasteiger partial charge >= 0.3 is 0 Å². The molecule has 0 bridgehead atoms. The molecule has 2 N–H and O–H groups in total. The first-order chi connectivity index (χ1) is 11.7. The molecule has 2 unspecified atom stereocenters. The Balaban J connectivity index is 0.000000150. The van der Waals surface area contributed by atoms with Gasteiger partial charge in [-0.05, 0) is 44.9 Å².